The summed E-state index contributed by atoms with van der Waals surface area (Å²) in [4.78, 5) is 0. The molecule has 0 bridgehead atoms. The van der Waals surface area contributed by atoms with Gasteiger partial charge in [-0.15, -0.1) is 0 Å². The fourth-order valence-electron chi connectivity index (χ4n) is 1.99. The van der Waals surface area contributed by atoms with Crippen molar-refractivity contribution in [3.8, 4) is 5.75 Å². The number of ether oxygens (including phenoxy) is 1. The zero-order valence-electron chi connectivity index (χ0n) is 9.07. The van der Waals surface area contributed by atoms with Crippen LogP contribution in [0.2, 0.25) is 0 Å². The molecule has 1 unspecified atom stereocenters. The third kappa shape index (κ3) is 1.85. The van der Waals surface area contributed by atoms with Gasteiger partial charge in [0.1, 0.15) is 5.75 Å². The highest BCUT2D eigenvalue weighted by atomic mass is 16.5. The Labute approximate surface area is 90.4 Å². The molecule has 3 nitrogen and oxygen atoms in total. The van der Waals surface area contributed by atoms with Crippen molar-refractivity contribution < 1.29 is 4.74 Å². The highest BCUT2D eigenvalue weighted by Crippen LogP contribution is 2.53. The Morgan fingerprint density at radius 2 is 2.20 bits per heavy atom. The Balaban J connectivity index is 2.21. The molecule has 1 aliphatic rings. The van der Waals surface area contributed by atoms with Gasteiger partial charge in [0.25, 0.3) is 0 Å². The van der Waals surface area contributed by atoms with E-state index in [1.165, 1.54) is 0 Å². The third-order valence-electron chi connectivity index (χ3n) is 3.41. The highest BCUT2D eigenvalue weighted by molar-refractivity contribution is 5.32. The van der Waals surface area contributed by atoms with Crippen LogP contribution in [-0.2, 0) is 0 Å². The zero-order valence-corrected chi connectivity index (χ0v) is 9.07. The second kappa shape index (κ2) is 3.83. The van der Waals surface area contributed by atoms with E-state index in [0.717, 1.165) is 24.2 Å². The number of hydrogen-bond donors (Lipinski definition) is 2. The fraction of sp³-hybridized carbons (Fsp3) is 0.500. The van der Waals surface area contributed by atoms with Crippen molar-refractivity contribution in [2.75, 3.05) is 13.7 Å². The summed E-state index contributed by atoms with van der Waals surface area (Å²) in [6.45, 7) is 0.672. The Morgan fingerprint density at radius 3 is 2.73 bits per heavy atom. The van der Waals surface area contributed by atoms with Crippen LogP contribution in [0.3, 0.4) is 0 Å². The molecule has 1 aliphatic carbocycles. The normalized spacial score (nSPS) is 19.7. The van der Waals surface area contributed by atoms with Crippen molar-refractivity contribution in [3.05, 3.63) is 29.8 Å². The molecule has 0 amide bonds. The lowest BCUT2D eigenvalue weighted by molar-refractivity contribution is 0.403. The molecular weight excluding hydrogens is 188 g/mol. The molecular formula is C12H18N2O. The molecule has 0 saturated heterocycles. The first kappa shape index (κ1) is 10.5. The number of rotatable bonds is 4. The van der Waals surface area contributed by atoms with Crippen molar-refractivity contribution >= 4 is 0 Å². The average Bonchev–Trinajstić information content (AvgIpc) is 3.09. The molecule has 0 aromatic heterocycles. The van der Waals surface area contributed by atoms with E-state index in [9.17, 15) is 0 Å². The van der Waals surface area contributed by atoms with Crippen molar-refractivity contribution in [1.29, 1.82) is 0 Å². The monoisotopic (exact) mass is 206 g/mol. The van der Waals surface area contributed by atoms with Crippen molar-refractivity contribution in [2.24, 2.45) is 16.9 Å². The first-order chi connectivity index (χ1) is 7.22. The van der Waals surface area contributed by atoms with Gasteiger partial charge in [0.15, 0.2) is 0 Å². The minimum atomic E-state index is 0.0394. The molecule has 0 heterocycles. The van der Waals surface area contributed by atoms with Gasteiger partial charge in [-0.05, 0) is 37.1 Å². The molecule has 3 heteroatoms. The average molecular weight is 206 g/mol. The minimum Gasteiger partial charge on any atom is -0.497 e. The van der Waals surface area contributed by atoms with E-state index in [1.807, 2.05) is 24.3 Å². The fourth-order valence-corrected chi connectivity index (χ4v) is 1.99. The van der Waals surface area contributed by atoms with Crippen LogP contribution < -0.4 is 16.2 Å². The summed E-state index contributed by atoms with van der Waals surface area (Å²) in [6, 6.07) is 7.99. The van der Waals surface area contributed by atoms with E-state index in [-0.39, 0.29) is 11.5 Å². The lowest BCUT2D eigenvalue weighted by Gasteiger charge is -2.22. The summed E-state index contributed by atoms with van der Waals surface area (Å²) in [6.07, 6.45) is 2.28. The van der Waals surface area contributed by atoms with Gasteiger partial charge in [-0.1, -0.05) is 12.1 Å². The molecule has 1 aromatic rings. The van der Waals surface area contributed by atoms with Gasteiger partial charge < -0.3 is 16.2 Å². The van der Waals surface area contributed by atoms with Gasteiger partial charge >= 0.3 is 0 Å². The van der Waals surface area contributed by atoms with E-state index in [4.69, 9.17) is 16.2 Å². The molecule has 1 atom stereocenters. The second-order valence-electron chi connectivity index (χ2n) is 4.32. The maximum Gasteiger partial charge on any atom is 0.119 e. The van der Waals surface area contributed by atoms with Crippen LogP contribution >= 0.6 is 0 Å². The van der Waals surface area contributed by atoms with E-state index in [0.29, 0.717) is 6.54 Å². The molecule has 2 rings (SSSR count). The van der Waals surface area contributed by atoms with Crippen LogP contribution in [0, 0.1) is 5.41 Å². The molecule has 1 aromatic carbocycles. The van der Waals surface area contributed by atoms with E-state index < -0.39 is 0 Å². The van der Waals surface area contributed by atoms with Crippen LogP contribution in [0.15, 0.2) is 24.3 Å². The Bertz CT molecular complexity index is 347. The molecule has 0 aliphatic heterocycles. The van der Waals surface area contributed by atoms with Crippen LogP contribution in [0.25, 0.3) is 0 Å². The molecule has 4 N–H and O–H groups in total. The summed E-state index contributed by atoms with van der Waals surface area (Å²) in [5.74, 6) is 0.857. The van der Waals surface area contributed by atoms with Crippen molar-refractivity contribution in [3.63, 3.8) is 0 Å². The topological polar surface area (TPSA) is 61.3 Å². The summed E-state index contributed by atoms with van der Waals surface area (Å²) in [5, 5.41) is 0. The van der Waals surface area contributed by atoms with Crippen LogP contribution in [0.4, 0.5) is 0 Å². The number of benzene rings is 1. The van der Waals surface area contributed by atoms with Crippen LogP contribution in [0.1, 0.15) is 24.4 Å². The van der Waals surface area contributed by atoms with Gasteiger partial charge in [0.2, 0.25) is 0 Å². The molecule has 0 spiro atoms. The summed E-state index contributed by atoms with van der Waals surface area (Å²) in [7, 11) is 1.67. The quantitative estimate of drug-likeness (QED) is 0.783. The molecule has 0 radical (unpaired) electrons. The standard InChI is InChI=1S/C12H18N2O/c1-15-10-4-2-3-9(7-10)11(14)12(8-13)5-6-12/h2-4,7,11H,5-6,8,13-14H2,1H3. The van der Waals surface area contributed by atoms with E-state index >= 15 is 0 Å². The van der Waals surface area contributed by atoms with Gasteiger partial charge in [0.05, 0.1) is 7.11 Å². The Morgan fingerprint density at radius 1 is 1.47 bits per heavy atom. The summed E-state index contributed by atoms with van der Waals surface area (Å²) < 4.78 is 5.18. The minimum absolute atomic E-state index is 0.0394. The third-order valence-corrected chi connectivity index (χ3v) is 3.41. The Hall–Kier alpha value is -1.06. The summed E-state index contributed by atoms with van der Waals surface area (Å²) in [5.41, 5.74) is 13.3. The maximum absolute atomic E-state index is 6.23. The van der Waals surface area contributed by atoms with Crippen molar-refractivity contribution in [1.82, 2.24) is 0 Å². The zero-order chi connectivity index (χ0) is 10.9. The smallest absolute Gasteiger partial charge is 0.119 e. The number of hydrogen-bond acceptors (Lipinski definition) is 3. The van der Waals surface area contributed by atoms with E-state index in [1.54, 1.807) is 7.11 Å². The Kier molecular flexibility index (Phi) is 2.67. The molecule has 15 heavy (non-hydrogen) atoms. The molecule has 1 saturated carbocycles. The van der Waals surface area contributed by atoms with Gasteiger partial charge in [-0.2, -0.15) is 0 Å². The SMILES string of the molecule is COc1cccc(C(N)C2(CN)CC2)c1. The highest BCUT2D eigenvalue weighted by Gasteiger charge is 2.47. The largest absolute Gasteiger partial charge is 0.497 e. The first-order valence-electron chi connectivity index (χ1n) is 5.31. The first-order valence-corrected chi connectivity index (χ1v) is 5.31. The lowest BCUT2D eigenvalue weighted by atomic mass is 9.91. The van der Waals surface area contributed by atoms with Crippen LogP contribution in [-0.4, -0.2) is 13.7 Å². The van der Waals surface area contributed by atoms with Crippen molar-refractivity contribution in [2.45, 2.75) is 18.9 Å². The summed E-state index contributed by atoms with van der Waals surface area (Å²) >= 11 is 0. The number of methoxy groups -OCH3 is 1. The van der Waals surface area contributed by atoms with Gasteiger partial charge in [0, 0.05) is 11.5 Å². The molecule has 82 valence electrons. The predicted molar refractivity (Wildman–Crippen MR) is 60.6 cm³/mol. The lowest BCUT2D eigenvalue weighted by Crippen LogP contribution is -2.29. The predicted octanol–water partition coefficient (Wildman–Crippen LogP) is 1.43. The van der Waals surface area contributed by atoms with E-state index in [2.05, 4.69) is 0 Å². The van der Waals surface area contributed by atoms with Gasteiger partial charge in [-0.3, -0.25) is 0 Å². The number of nitrogens with two attached hydrogens (primary N) is 2. The second-order valence-corrected chi connectivity index (χ2v) is 4.32. The van der Waals surface area contributed by atoms with Gasteiger partial charge in [-0.25, -0.2) is 0 Å². The van der Waals surface area contributed by atoms with Crippen LogP contribution in [0.5, 0.6) is 5.75 Å². The molecule has 1 fully saturated rings. The maximum atomic E-state index is 6.23.